The monoisotopic (exact) mass is 367 g/mol. The lowest BCUT2D eigenvalue weighted by Crippen LogP contribution is -2.33. The second-order valence-corrected chi connectivity index (χ2v) is 7.12. The number of hydrogen-bond donors (Lipinski definition) is 1. The first-order chi connectivity index (χ1) is 12.6. The molecule has 152 valence electrons. The number of nitrogens with zero attached hydrogens (tertiary/aromatic N) is 1. The molecule has 1 N–H and O–H groups in total. The van der Waals surface area contributed by atoms with E-state index in [1.807, 2.05) is 13.8 Å². The number of hydrogen-bond acceptors (Lipinski definition) is 2. The maximum absolute atomic E-state index is 12.1. The van der Waals surface area contributed by atoms with Gasteiger partial charge in [-0.15, -0.1) is 0 Å². The minimum atomic E-state index is -0.837. The molecule has 0 bridgehead atoms. The highest BCUT2D eigenvalue weighted by atomic mass is 16.4. The third-order valence-electron chi connectivity index (χ3n) is 4.95. The first kappa shape index (κ1) is 24.7. The van der Waals surface area contributed by atoms with Crippen LogP contribution in [0.5, 0.6) is 0 Å². The lowest BCUT2D eigenvalue weighted by molar-refractivity contribution is -0.146. The number of carbonyl (C=O) groups excluding carboxylic acids is 1. The van der Waals surface area contributed by atoms with Crippen LogP contribution in [-0.4, -0.2) is 35.0 Å². The van der Waals surface area contributed by atoms with Crippen LogP contribution in [-0.2, 0) is 9.59 Å². The number of allylic oxidation sites excluding steroid dienone is 2. The van der Waals surface area contributed by atoms with Gasteiger partial charge in [-0.05, 0) is 46.0 Å². The Morgan fingerprint density at radius 2 is 1.38 bits per heavy atom. The summed E-state index contributed by atoms with van der Waals surface area (Å²) < 4.78 is 0. The Bertz CT molecular complexity index is 389. The molecule has 0 saturated carbocycles. The first-order valence-electron chi connectivity index (χ1n) is 10.7. The summed E-state index contributed by atoms with van der Waals surface area (Å²) >= 11 is 0. The Morgan fingerprint density at radius 1 is 0.846 bits per heavy atom. The second-order valence-electron chi connectivity index (χ2n) is 7.12. The van der Waals surface area contributed by atoms with Crippen molar-refractivity contribution >= 4 is 11.9 Å². The van der Waals surface area contributed by atoms with Gasteiger partial charge in [0.25, 0.3) is 0 Å². The third-order valence-corrected chi connectivity index (χ3v) is 4.95. The molecule has 4 heteroatoms. The average molecular weight is 368 g/mol. The number of carbonyl (C=O) groups is 2. The summed E-state index contributed by atoms with van der Waals surface area (Å²) in [7, 11) is 0. The molecule has 0 aliphatic carbocycles. The molecule has 0 aromatic carbocycles. The van der Waals surface area contributed by atoms with E-state index in [0.29, 0.717) is 19.5 Å². The summed E-state index contributed by atoms with van der Waals surface area (Å²) in [6.07, 6.45) is 17.2. The van der Waals surface area contributed by atoms with E-state index in [1.54, 1.807) is 4.90 Å². The van der Waals surface area contributed by atoms with Crippen molar-refractivity contribution in [2.24, 2.45) is 5.92 Å². The van der Waals surface area contributed by atoms with Gasteiger partial charge in [-0.2, -0.15) is 0 Å². The van der Waals surface area contributed by atoms with Crippen LogP contribution in [0.4, 0.5) is 0 Å². The Kier molecular flexibility index (Phi) is 16.2. The van der Waals surface area contributed by atoms with Crippen molar-refractivity contribution in [1.82, 2.24) is 4.90 Å². The van der Waals surface area contributed by atoms with Gasteiger partial charge in [0.2, 0.25) is 5.91 Å². The van der Waals surface area contributed by atoms with E-state index in [4.69, 9.17) is 0 Å². The van der Waals surface area contributed by atoms with E-state index in [2.05, 4.69) is 19.1 Å². The van der Waals surface area contributed by atoms with Crippen molar-refractivity contribution in [2.75, 3.05) is 13.1 Å². The van der Waals surface area contributed by atoms with Gasteiger partial charge in [-0.3, -0.25) is 9.59 Å². The fourth-order valence-corrected chi connectivity index (χ4v) is 3.16. The van der Waals surface area contributed by atoms with Crippen LogP contribution >= 0.6 is 0 Å². The smallest absolute Gasteiger partial charge is 0.307 e. The van der Waals surface area contributed by atoms with Crippen LogP contribution in [0, 0.1) is 5.92 Å². The van der Waals surface area contributed by atoms with Crippen LogP contribution in [0.3, 0.4) is 0 Å². The molecular weight excluding hydrogens is 326 g/mol. The van der Waals surface area contributed by atoms with Crippen LogP contribution in [0.15, 0.2) is 12.2 Å². The number of rotatable bonds is 17. The van der Waals surface area contributed by atoms with E-state index in [0.717, 1.165) is 25.7 Å². The van der Waals surface area contributed by atoms with Gasteiger partial charge >= 0.3 is 5.97 Å². The third kappa shape index (κ3) is 13.0. The topological polar surface area (TPSA) is 57.6 Å². The lowest BCUT2D eigenvalue weighted by Gasteiger charge is -2.21. The van der Waals surface area contributed by atoms with Crippen LogP contribution in [0.25, 0.3) is 0 Å². The summed E-state index contributed by atoms with van der Waals surface area (Å²) in [5.74, 6) is -1.41. The van der Waals surface area contributed by atoms with Crippen molar-refractivity contribution in [3.05, 3.63) is 12.2 Å². The Hall–Kier alpha value is -1.32. The zero-order chi connectivity index (χ0) is 19.6. The molecule has 0 aliphatic heterocycles. The van der Waals surface area contributed by atoms with E-state index < -0.39 is 11.9 Å². The standard InChI is InChI=1S/C22H41NO3/c1-4-7-8-9-10-11-12-13-14-15-16-17-18-20(22(25)26)19-21(24)23(5-2)6-3/h11-12,20H,4-10,13-19H2,1-3H3,(H,25,26)/b12-11+. The maximum Gasteiger partial charge on any atom is 0.307 e. The van der Waals surface area contributed by atoms with E-state index in [-0.39, 0.29) is 12.3 Å². The molecule has 0 aromatic rings. The van der Waals surface area contributed by atoms with Gasteiger partial charge in [-0.1, -0.05) is 57.6 Å². The van der Waals surface area contributed by atoms with E-state index in [1.165, 1.54) is 38.5 Å². The van der Waals surface area contributed by atoms with Crippen LogP contribution in [0.2, 0.25) is 0 Å². The summed E-state index contributed by atoms with van der Waals surface area (Å²) in [5.41, 5.74) is 0. The minimum Gasteiger partial charge on any atom is -0.481 e. The van der Waals surface area contributed by atoms with Crippen molar-refractivity contribution in [2.45, 2.75) is 97.8 Å². The molecule has 0 radical (unpaired) electrons. The highest BCUT2D eigenvalue weighted by Crippen LogP contribution is 2.17. The van der Waals surface area contributed by atoms with Gasteiger partial charge in [0.1, 0.15) is 0 Å². The maximum atomic E-state index is 12.1. The molecule has 4 nitrogen and oxygen atoms in total. The molecule has 0 aromatic heterocycles. The molecule has 0 heterocycles. The predicted octanol–water partition coefficient (Wildman–Crippen LogP) is 5.81. The van der Waals surface area contributed by atoms with Gasteiger partial charge in [0.15, 0.2) is 0 Å². The average Bonchev–Trinajstić information content (AvgIpc) is 2.62. The Labute approximate surface area is 161 Å². The van der Waals surface area contributed by atoms with E-state index in [9.17, 15) is 14.7 Å². The van der Waals surface area contributed by atoms with Crippen molar-refractivity contribution in [1.29, 1.82) is 0 Å². The molecular formula is C22H41NO3. The van der Waals surface area contributed by atoms with Crippen LogP contribution < -0.4 is 0 Å². The zero-order valence-corrected chi connectivity index (χ0v) is 17.3. The lowest BCUT2D eigenvalue weighted by atomic mass is 9.96. The minimum absolute atomic E-state index is 0.0357. The van der Waals surface area contributed by atoms with Crippen molar-refractivity contribution in [3.63, 3.8) is 0 Å². The molecule has 1 atom stereocenters. The molecule has 0 aliphatic rings. The molecule has 1 amide bonds. The quantitative estimate of drug-likeness (QED) is 0.260. The van der Waals surface area contributed by atoms with Gasteiger partial charge in [0.05, 0.1) is 5.92 Å². The van der Waals surface area contributed by atoms with Crippen molar-refractivity contribution < 1.29 is 14.7 Å². The summed E-state index contributed by atoms with van der Waals surface area (Å²) in [6, 6.07) is 0. The fraction of sp³-hybridized carbons (Fsp3) is 0.818. The van der Waals surface area contributed by atoms with Gasteiger partial charge in [0, 0.05) is 19.5 Å². The first-order valence-corrected chi connectivity index (χ1v) is 10.7. The molecule has 0 fully saturated rings. The highest BCUT2D eigenvalue weighted by molar-refractivity contribution is 5.82. The molecule has 0 rings (SSSR count). The van der Waals surface area contributed by atoms with Gasteiger partial charge in [-0.25, -0.2) is 0 Å². The molecule has 1 unspecified atom stereocenters. The summed E-state index contributed by atoms with van der Waals surface area (Å²) in [4.78, 5) is 25.2. The van der Waals surface area contributed by atoms with Crippen LogP contribution in [0.1, 0.15) is 97.8 Å². The molecule has 26 heavy (non-hydrogen) atoms. The molecule has 0 spiro atoms. The Balaban J connectivity index is 3.79. The SMILES string of the molecule is CCCCCC/C=C/CCCCCCC(CC(=O)N(CC)CC)C(=O)O. The normalized spacial score (nSPS) is 12.4. The number of carboxylic acid groups (broad SMARTS) is 1. The highest BCUT2D eigenvalue weighted by Gasteiger charge is 2.22. The van der Waals surface area contributed by atoms with Crippen molar-refractivity contribution in [3.8, 4) is 0 Å². The number of aliphatic carboxylic acids is 1. The fourth-order valence-electron chi connectivity index (χ4n) is 3.16. The predicted molar refractivity (Wildman–Crippen MR) is 109 cm³/mol. The number of amides is 1. The molecule has 0 saturated heterocycles. The summed E-state index contributed by atoms with van der Waals surface area (Å²) in [5, 5.41) is 9.35. The number of carboxylic acids is 1. The van der Waals surface area contributed by atoms with Gasteiger partial charge < -0.3 is 10.0 Å². The Morgan fingerprint density at radius 3 is 1.88 bits per heavy atom. The van der Waals surface area contributed by atoms with E-state index >= 15 is 0 Å². The number of unbranched alkanes of at least 4 members (excludes halogenated alkanes) is 8. The zero-order valence-electron chi connectivity index (χ0n) is 17.3. The summed E-state index contributed by atoms with van der Waals surface area (Å²) in [6.45, 7) is 7.38. The largest absolute Gasteiger partial charge is 0.481 e. The second kappa shape index (κ2) is 17.1.